The molecule has 25 heavy (non-hydrogen) atoms. The third kappa shape index (κ3) is 13.7. The van der Waals surface area contributed by atoms with Gasteiger partial charge in [0.15, 0.2) is 0 Å². The molecule has 0 bridgehead atoms. The molecule has 1 rings (SSSR count). The van der Waals surface area contributed by atoms with Crippen LogP contribution in [0.5, 0.6) is 0 Å². The second-order valence-electron chi connectivity index (χ2n) is 7.98. The number of aliphatic hydroxyl groups excluding tert-OH is 1. The zero-order valence-corrected chi connectivity index (χ0v) is 17.1. The van der Waals surface area contributed by atoms with Gasteiger partial charge in [0.1, 0.15) is 0 Å². The molecular weight excluding hydrogens is 310 g/mol. The maximum Gasteiger partial charge on any atom is 0.0678 e. The number of aliphatic hydroxyl groups is 1. The van der Waals surface area contributed by atoms with Crippen LogP contribution >= 0.6 is 0 Å². The number of hydrogen-bond donors (Lipinski definition) is 2. The van der Waals surface area contributed by atoms with Crippen LogP contribution in [0.15, 0.2) is 0 Å². The normalized spacial score (nSPS) is 17.9. The van der Waals surface area contributed by atoms with Gasteiger partial charge in [-0.25, -0.2) is 5.01 Å². The summed E-state index contributed by atoms with van der Waals surface area (Å²) in [4.78, 5) is 2.35. The first-order valence-corrected chi connectivity index (χ1v) is 11.1. The molecule has 1 aliphatic heterocycles. The van der Waals surface area contributed by atoms with Crippen LogP contribution < -0.4 is 5.43 Å². The quantitative estimate of drug-likeness (QED) is 0.407. The predicted octanol–water partition coefficient (Wildman–Crippen LogP) is 4.19. The fourth-order valence-corrected chi connectivity index (χ4v) is 3.52. The van der Waals surface area contributed by atoms with Gasteiger partial charge in [-0.15, -0.1) is 0 Å². The first-order chi connectivity index (χ1) is 12.2. The molecule has 0 aromatic carbocycles. The van der Waals surface area contributed by atoms with E-state index in [2.05, 4.69) is 29.3 Å². The highest BCUT2D eigenvalue weighted by Crippen LogP contribution is 2.13. The molecule has 1 unspecified atom stereocenters. The van der Waals surface area contributed by atoms with Crippen LogP contribution in [-0.2, 0) is 0 Å². The Hall–Kier alpha value is -0.160. The van der Waals surface area contributed by atoms with Crippen LogP contribution in [0.25, 0.3) is 0 Å². The Bertz CT molecular complexity index is 280. The molecule has 1 heterocycles. The summed E-state index contributed by atoms with van der Waals surface area (Å²) in [6.45, 7) is 7.33. The van der Waals surface area contributed by atoms with E-state index < -0.39 is 0 Å². The number of hydrogen-bond acceptors (Lipinski definition) is 4. The SMILES string of the molecule is CCCCCCCCCCCCCCC(O)CNN1CCN(C)CC1. The van der Waals surface area contributed by atoms with Gasteiger partial charge in [0.25, 0.3) is 0 Å². The molecule has 0 aromatic rings. The van der Waals surface area contributed by atoms with Crippen LogP contribution in [0.1, 0.15) is 90.4 Å². The number of nitrogens with zero attached hydrogens (tertiary/aromatic N) is 2. The van der Waals surface area contributed by atoms with Crippen molar-refractivity contribution in [3.05, 3.63) is 0 Å². The monoisotopic (exact) mass is 355 g/mol. The molecule has 4 heteroatoms. The highest BCUT2D eigenvalue weighted by molar-refractivity contribution is 4.67. The summed E-state index contributed by atoms with van der Waals surface area (Å²) in [6.07, 6.45) is 17.2. The highest BCUT2D eigenvalue weighted by atomic mass is 16.3. The number of nitrogens with one attached hydrogen (secondary N) is 1. The van der Waals surface area contributed by atoms with Crippen molar-refractivity contribution in [1.29, 1.82) is 0 Å². The molecule has 0 aromatic heterocycles. The largest absolute Gasteiger partial charge is 0.392 e. The summed E-state index contributed by atoms with van der Waals surface area (Å²) in [5.74, 6) is 0. The topological polar surface area (TPSA) is 38.7 Å². The summed E-state index contributed by atoms with van der Waals surface area (Å²) < 4.78 is 0. The van der Waals surface area contributed by atoms with E-state index in [1.54, 1.807) is 0 Å². The molecule has 0 radical (unpaired) electrons. The van der Waals surface area contributed by atoms with Crippen molar-refractivity contribution in [2.45, 2.75) is 96.5 Å². The van der Waals surface area contributed by atoms with Crippen molar-refractivity contribution >= 4 is 0 Å². The maximum atomic E-state index is 10.1. The van der Waals surface area contributed by atoms with Crippen LogP contribution in [0.4, 0.5) is 0 Å². The Morgan fingerprint density at radius 2 is 1.24 bits per heavy atom. The molecular formula is C21H45N3O. The Labute approximate surface area is 157 Å². The van der Waals surface area contributed by atoms with E-state index in [1.165, 1.54) is 77.0 Å². The highest BCUT2D eigenvalue weighted by Gasteiger charge is 2.14. The summed E-state index contributed by atoms with van der Waals surface area (Å²) in [6, 6.07) is 0. The Morgan fingerprint density at radius 3 is 1.76 bits per heavy atom. The Kier molecular flexibility index (Phi) is 14.7. The average molecular weight is 356 g/mol. The summed E-state index contributed by atoms with van der Waals surface area (Å²) >= 11 is 0. The van der Waals surface area contributed by atoms with E-state index in [0.717, 1.165) is 32.6 Å². The van der Waals surface area contributed by atoms with Gasteiger partial charge in [0.2, 0.25) is 0 Å². The number of likely N-dealkylation sites (N-methyl/N-ethyl adjacent to an activating group) is 1. The zero-order valence-electron chi connectivity index (χ0n) is 17.1. The summed E-state index contributed by atoms with van der Waals surface area (Å²) in [5, 5.41) is 12.3. The van der Waals surface area contributed by atoms with Crippen molar-refractivity contribution in [3.63, 3.8) is 0 Å². The van der Waals surface area contributed by atoms with Crippen LogP contribution in [0.3, 0.4) is 0 Å². The van der Waals surface area contributed by atoms with E-state index in [-0.39, 0.29) is 6.10 Å². The van der Waals surface area contributed by atoms with E-state index in [0.29, 0.717) is 6.54 Å². The molecule has 1 atom stereocenters. The summed E-state index contributed by atoms with van der Waals surface area (Å²) in [5.41, 5.74) is 3.39. The van der Waals surface area contributed by atoms with E-state index >= 15 is 0 Å². The summed E-state index contributed by atoms with van der Waals surface area (Å²) in [7, 11) is 2.17. The molecule has 1 aliphatic rings. The minimum Gasteiger partial charge on any atom is -0.392 e. The molecule has 150 valence electrons. The molecule has 1 fully saturated rings. The van der Waals surface area contributed by atoms with E-state index in [4.69, 9.17) is 0 Å². The first-order valence-electron chi connectivity index (χ1n) is 11.1. The van der Waals surface area contributed by atoms with Gasteiger partial charge >= 0.3 is 0 Å². The Balaban J connectivity index is 1.78. The van der Waals surface area contributed by atoms with Gasteiger partial charge in [0, 0.05) is 32.7 Å². The van der Waals surface area contributed by atoms with Gasteiger partial charge < -0.3 is 10.0 Å². The lowest BCUT2D eigenvalue weighted by Gasteiger charge is -2.33. The van der Waals surface area contributed by atoms with Crippen molar-refractivity contribution < 1.29 is 5.11 Å². The van der Waals surface area contributed by atoms with Crippen molar-refractivity contribution in [2.24, 2.45) is 0 Å². The minimum absolute atomic E-state index is 0.192. The van der Waals surface area contributed by atoms with Crippen molar-refractivity contribution in [3.8, 4) is 0 Å². The van der Waals surface area contributed by atoms with Gasteiger partial charge in [-0.1, -0.05) is 84.0 Å². The lowest BCUT2D eigenvalue weighted by Crippen LogP contribution is -2.52. The van der Waals surface area contributed by atoms with Crippen molar-refractivity contribution in [1.82, 2.24) is 15.3 Å². The zero-order chi connectivity index (χ0) is 18.2. The molecule has 0 spiro atoms. The third-order valence-corrected chi connectivity index (χ3v) is 5.44. The maximum absolute atomic E-state index is 10.1. The molecule has 2 N–H and O–H groups in total. The number of rotatable bonds is 16. The fraction of sp³-hybridized carbons (Fsp3) is 1.00. The minimum atomic E-state index is -0.192. The molecule has 4 nitrogen and oxygen atoms in total. The number of hydrazine groups is 1. The van der Waals surface area contributed by atoms with Gasteiger partial charge in [-0.2, -0.15) is 0 Å². The first kappa shape index (κ1) is 22.9. The second kappa shape index (κ2) is 16.0. The van der Waals surface area contributed by atoms with Crippen molar-refractivity contribution in [2.75, 3.05) is 39.8 Å². The smallest absolute Gasteiger partial charge is 0.0678 e. The molecule has 1 saturated heterocycles. The average Bonchev–Trinajstić information content (AvgIpc) is 2.62. The second-order valence-corrected chi connectivity index (χ2v) is 7.98. The van der Waals surface area contributed by atoms with Crippen LogP contribution in [-0.4, -0.2) is 60.9 Å². The lowest BCUT2D eigenvalue weighted by molar-refractivity contribution is 0.0710. The van der Waals surface area contributed by atoms with E-state index in [9.17, 15) is 5.11 Å². The van der Waals surface area contributed by atoms with Crippen LogP contribution in [0, 0.1) is 0 Å². The molecule has 0 aliphatic carbocycles. The standard InChI is InChI=1S/C21H45N3O/c1-3-4-5-6-7-8-9-10-11-12-13-14-15-21(25)20-22-24-18-16-23(2)17-19-24/h21-22,25H,3-20H2,1-2H3. The van der Waals surface area contributed by atoms with Gasteiger partial charge in [0.05, 0.1) is 6.10 Å². The predicted molar refractivity (Wildman–Crippen MR) is 109 cm³/mol. The van der Waals surface area contributed by atoms with Gasteiger partial charge in [-0.3, -0.25) is 5.43 Å². The lowest BCUT2D eigenvalue weighted by atomic mass is 10.0. The van der Waals surface area contributed by atoms with E-state index in [1.807, 2.05) is 0 Å². The Morgan fingerprint density at radius 1 is 0.760 bits per heavy atom. The van der Waals surface area contributed by atoms with Crippen LogP contribution in [0.2, 0.25) is 0 Å². The molecule has 0 amide bonds. The van der Waals surface area contributed by atoms with Gasteiger partial charge in [-0.05, 0) is 13.5 Å². The number of piperazine rings is 1. The third-order valence-electron chi connectivity index (χ3n) is 5.44. The fourth-order valence-electron chi connectivity index (χ4n) is 3.52. The molecule has 0 saturated carbocycles. The number of unbranched alkanes of at least 4 members (excludes halogenated alkanes) is 11.